The standard InChI is InChI=1S/C23H34N6OS/c1-17(2)9-10-27-21(30)19-7-5-6-8-20(19)29-22(27)24-28(23(29)31)16-26-13-11-25(12-14-26)15-18(3)4/h5-8,17-18H,9-16H2,1-4H3. The summed E-state index contributed by atoms with van der Waals surface area (Å²) >= 11 is 5.85. The lowest BCUT2D eigenvalue weighted by Crippen LogP contribution is -2.47. The molecule has 168 valence electrons. The Morgan fingerprint density at radius 3 is 2.35 bits per heavy atom. The summed E-state index contributed by atoms with van der Waals surface area (Å²) in [5, 5.41) is 5.54. The molecule has 3 aromatic rings. The highest BCUT2D eigenvalue weighted by atomic mass is 32.1. The van der Waals surface area contributed by atoms with Gasteiger partial charge in [0.1, 0.15) is 0 Å². The molecular formula is C23H34N6OS. The second-order valence-corrected chi connectivity index (χ2v) is 9.89. The Kier molecular flexibility index (Phi) is 6.60. The van der Waals surface area contributed by atoms with Gasteiger partial charge in [0.2, 0.25) is 10.5 Å². The predicted molar refractivity (Wildman–Crippen MR) is 128 cm³/mol. The highest BCUT2D eigenvalue weighted by Crippen LogP contribution is 2.16. The summed E-state index contributed by atoms with van der Waals surface area (Å²) in [6.07, 6.45) is 0.922. The molecule has 0 atom stereocenters. The first kappa shape index (κ1) is 22.2. The van der Waals surface area contributed by atoms with Gasteiger partial charge in [-0.25, -0.2) is 4.68 Å². The molecule has 0 amide bonds. The van der Waals surface area contributed by atoms with Crippen molar-refractivity contribution in [3.8, 4) is 0 Å². The number of piperazine rings is 1. The predicted octanol–water partition coefficient (Wildman–Crippen LogP) is 3.46. The van der Waals surface area contributed by atoms with Crippen molar-refractivity contribution in [2.24, 2.45) is 11.8 Å². The second kappa shape index (κ2) is 9.22. The van der Waals surface area contributed by atoms with E-state index in [0.717, 1.165) is 44.7 Å². The molecule has 1 aliphatic heterocycles. The SMILES string of the molecule is CC(C)CCn1c(=O)c2ccccc2n2c(=S)n(CN3CCN(CC(C)C)CC3)nc12. The van der Waals surface area contributed by atoms with Gasteiger partial charge in [0.25, 0.3) is 5.56 Å². The van der Waals surface area contributed by atoms with Crippen LogP contribution in [0.2, 0.25) is 0 Å². The third-order valence-electron chi connectivity index (χ3n) is 6.04. The molecule has 0 aliphatic carbocycles. The molecule has 1 saturated heterocycles. The van der Waals surface area contributed by atoms with Crippen LogP contribution in [0.5, 0.6) is 0 Å². The Labute approximate surface area is 188 Å². The van der Waals surface area contributed by atoms with Crippen molar-refractivity contribution in [2.75, 3.05) is 32.7 Å². The summed E-state index contributed by atoms with van der Waals surface area (Å²) in [5.41, 5.74) is 0.847. The Balaban J connectivity index is 1.69. The lowest BCUT2D eigenvalue weighted by molar-refractivity contribution is 0.0952. The number of aryl methyl sites for hydroxylation is 1. The van der Waals surface area contributed by atoms with Crippen LogP contribution in [0, 0.1) is 16.6 Å². The summed E-state index contributed by atoms with van der Waals surface area (Å²) in [5.74, 6) is 1.84. The van der Waals surface area contributed by atoms with E-state index in [-0.39, 0.29) is 5.56 Å². The second-order valence-electron chi connectivity index (χ2n) is 9.53. The monoisotopic (exact) mass is 442 g/mol. The average Bonchev–Trinajstić information content (AvgIpc) is 3.05. The first-order chi connectivity index (χ1) is 14.8. The molecule has 7 nitrogen and oxygen atoms in total. The van der Waals surface area contributed by atoms with E-state index >= 15 is 0 Å². The minimum atomic E-state index is 0.0122. The van der Waals surface area contributed by atoms with Gasteiger partial charge in [0.05, 0.1) is 17.6 Å². The molecule has 0 spiro atoms. The molecule has 1 aliphatic rings. The first-order valence-corrected chi connectivity index (χ1v) is 11.8. The van der Waals surface area contributed by atoms with Crippen LogP contribution in [0.1, 0.15) is 34.1 Å². The molecule has 0 N–H and O–H groups in total. The number of hydrogen-bond donors (Lipinski definition) is 0. The Bertz CT molecular complexity index is 1170. The normalized spacial score (nSPS) is 16.3. The summed E-state index contributed by atoms with van der Waals surface area (Å²) in [7, 11) is 0. The third kappa shape index (κ3) is 4.61. The van der Waals surface area contributed by atoms with E-state index in [4.69, 9.17) is 17.3 Å². The zero-order chi connectivity index (χ0) is 22.1. The van der Waals surface area contributed by atoms with Crippen molar-refractivity contribution in [3.05, 3.63) is 39.4 Å². The van der Waals surface area contributed by atoms with Gasteiger partial charge in [0, 0.05) is 39.3 Å². The lowest BCUT2D eigenvalue weighted by Gasteiger charge is -2.35. The van der Waals surface area contributed by atoms with Crippen LogP contribution in [0.15, 0.2) is 29.1 Å². The maximum Gasteiger partial charge on any atom is 0.262 e. The van der Waals surface area contributed by atoms with E-state index in [0.29, 0.717) is 41.0 Å². The topological polar surface area (TPSA) is 50.7 Å². The fourth-order valence-corrected chi connectivity index (χ4v) is 4.65. The quantitative estimate of drug-likeness (QED) is 0.525. The number of fused-ring (bicyclic) bond motifs is 3. The molecular weight excluding hydrogens is 408 g/mol. The van der Waals surface area contributed by atoms with Crippen molar-refractivity contribution in [3.63, 3.8) is 0 Å². The molecule has 2 aromatic heterocycles. The summed E-state index contributed by atoms with van der Waals surface area (Å²) in [6, 6.07) is 7.71. The van der Waals surface area contributed by atoms with Gasteiger partial charge in [-0.15, -0.1) is 5.10 Å². The summed E-state index contributed by atoms with van der Waals surface area (Å²) < 4.78 is 6.31. The van der Waals surface area contributed by atoms with E-state index in [1.807, 2.05) is 33.3 Å². The molecule has 1 aromatic carbocycles. The average molecular weight is 443 g/mol. The minimum absolute atomic E-state index is 0.0122. The fraction of sp³-hybridized carbons (Fsp3) is 0.609. The number of para-hydroxylation sites is 1. The van der Waals surface area contributed by atoms with Gasteiger partial charge in [0.15, 0.2) is 0 Å². The maximum absolute atomic E-state index is 13.2. The molecule has 31 heavy (non-hydrogen) atoms. The number of nitrogens with zero attached hydrogens (tertiary/aromatic N) is 6. The van der Waals surface area contributed by atoms with E-state index in [2.05, 4.69) is 37.5 Å². The molecule has 8 heteroatoms. The van der Waals surface area contributed by atoms with E-state index in [1.165, 1.54) is 0 Å². The number of hydrogen-bond acceptors (Lipinski definition) is 5. The third-order valence-corrected chi connectivity index (χ3v) is 6.43. The minimum Gasteiger partial charge on any atom is -0.301 e. The maximum atomic E-state index is 13.2. The fourth-order valence-electron chi connectivity index (χ4n) is 4.37. The van der Waals surface area contributed by atoms with Crippen LogP contribution in [0.25, 0.3) is 16.7 Å². The van der Waals surface area contributed by atoms with E-state index in [1.54, 1.807) is 4.57 Å². The summed E-state index contributed by atoms with van der Waals surface area (Å²) in [4.78, 5) is 18.2. The van der Waals surface area contributed by atoms with Gasteiger partial charge >= 0.3 is 0 Å². The van der Waals surface area contributed by atoms with Crippen LogP contribution in [0.4, 0.5) is 0 Å². The van der Waals surface area contributed by atoms with Crippen molar-refractivity contribution >= 4 is 28.9 Å². The van der Waals surface area contributed by atoms with Crippen LogP contribution in [0.3, 0.4) is 0 Å². The molecule has 0 radical (unpaired) electrons. The Morgan fingerprint density at radius 2 is 1.68 bits per heavy atom. The highest BCUT2D eigenvalue weighted by Gasteiger charge is 2.20. The van der Waals surface area contributed by atoms with Gasteiger partial charge < -0.3 is 4.90 Å². The van der Waals surface area contributed by atoms with E-state index in [9.17, 15) is 4.79 Å². The highest BCUT2D eigenvalue weighted by molar-refractivity contribution is 7.71. The molecule has 3 heterocycles. The molecule has 1 fully saturated rings. The van der Waals surface area contributed by atoms with Crippen molar-refractivity contribution < 1.29 is 0 Å². The number of benzene rings is 1. The van der Waals surface area contributed by atoms with Crippen molar-refractivity contribution in [1.82, 2.24) is 28.5 Å². The van der Waals surface area contributed by atoms with Crippen molar-refractivity contribution in [1.29, 1.82) is 0 Å². The Hall–Kier alpha value is -2.03. The first-order valence-electron chi connectivity index (χ1n) is 11.4. The lowest BCUT2D eigenvalue weighted by atomic mass is 10.1. The molecule has 0 bridgehead atoms. The van der Waals surface area contributed by atoms with Crippen LogP contribution < -0.4 is 5.56 Å². The molecule has 0 saturated carbocycles. The molecule has 0 unspecified atom stereocenters. The number of aromatic nitrogens is 4. The summed E-state index contributed by atoms with van der Waals surface area (Å²) in [6.45, 7) is 15.5. The number of rotatable bonds is 7. The van der Waals surface area contributed by atoms with Gasteiger partial charge in [-0.1, -0.05) is 39.8 Å². The van der Waals surface area contributed by atoms with E-state index < -0.39 is 0 Å². The zero-order valence-corrected chi connectivity index (χ0v) is 19.9. The van der Waals surface area contributed by atoms with Gasteiger partial charge in [-0.05, 0) is 42.6 Å². The van der Waals surface area contributed by atoms with Gasteiger partial charge in [-0.2, -0.15) is 0 Å². The zero-order valence-electron chi connectivity index (χ0n) is 19.1. The van der Waals surface area contributed by atoms with Crippen molar-refractivity contribution in [2.45, 2.75) is 47.3 Å². The van der Waals surface area contributed by atoms with Crippen LogP contribution >= 0.6 is 12.2 Å². The smallest absolute Gasteiger partial charge is 0.262 e. The van der Waals surface area contributed by atoms with Crippen LogP contribution in [-0.2, 0) is 13.2 Å². The van der Waals surface area contributed by atoms with Gasteiger partial charge in [-0.3, -0.25) is 18.7 Å². The Morgan fingerprint density at radius 1 is 1.00 bits per heavy atom. The molecule has 4 rings (SSSR count). The van der Waals surface area contributed by atoms with Crippen LogP contribution in [-0.4, -0.2) is 61.3 Å². The largest absolute Gasteiger partial charge is 0.301 e.